The molecule has 8 heteroatoms. The quantitative estimate of drug-likeness (QED) is 0.860. The Bertz CT molecular complexity index is 587. The van der Waals surface area contributed by atoms with E-state index in [4.69, 9.17) is 9.52 Å². The van der Waals surface area contributed by atoms with Crippen molar-refractivity contribution in [1.29, 1.82) is 0 Å². The summed E-state index contributed by atoms with van der Waals surface area (Å²) in [6, 6.07) is 1.05. The maximum absolute atomic E-state index is 12.2. The van der Waals surface area contributed by atoms with Gasteiger partial charge in [-0.05, 0) is 25.5 Å². The van der Waals surface area contributed by atoms with Crippen LogP contribution >= 0.6 is 11.8 Å². The maximum Gasteiger partial charge on any atom is 0.371 e. The van der Waals surface area contributed by atoms with Gasteiger partial charge in [0, 0.05) is 17.9 Å². The van der Waals surface area contributed by atoms with E-state index in [9.17, 15) is 13.2 Å². The molecule has 0 radical (unpaired) electrons. The minimum absolute atomic E-state index is 0.0891. The number of sulfonamides is 1. The number of hydrogen-bond donors (Lipinski definition) is 2. The van der Waals surface area contributed by atoms with Crippen LogP contribution in [0.4, 0.5) is 0 Å². The molecule has 112 valence electrons. The Balaban J connectivity index is 2.07. The number of hydrogen-bond acceptors (Lipinski definition) is 5. The maximum atomic E-state index is 12.2. The molecular formula is C12H17NO5S2. The smallest absolute Gasteiger partial charge is 0.371 e. The van der Waals surface area contributed by atoms with Crippen LogP contribution in [0.5, 0.6) is 0 Å². The number of carboxylic acids is 1. The summed E-state index contributed by atoms with van der Waals surface area (Å²) in [6.07, 6.45) is 3.29. The number of aryl methyl sites for hydroxylation is 1. The van der Waals surface area contributed by atoms with Gasteiger partial charge >= 0.3 is 5.97 Å². The lowest BCUT2D eigenvalue weighted by atomic mass is 10.2. The zero-order valence-electron chi connectivity index (χ0n) is 11.1. The standard InChI is InChI=1S/C12H17NO5S2/c1-8-11(6-10(18-8)12(14)15)20(16,17)13-7-9-4-2-3-5-19-9/h6,9,13H,2-5,7H2,1H3,(H,14,15). The van der Waals surface area contributed by atoms with Crippen LogP contribution in [0.25, 0.3) is 0 Å². The summed E-state index contributed by atoms with van der Waals surface area (Å²) in [5.41, 5.74) is 0. The van der Waals surface area contributed by atoms with Crippen molar-refractivity contribution in [2.45, 2.75) is 36.3 Å². The summed E-state index contributed by atoms with van der Waals surface area (Å²) in [6.45, 7) is 1.80. The van der Waals surface area contributed by atoms with Crippen LogP contribution in [0.3, 0.4) is 0 Å². The molecule has 1 aromatic heterocycles. The molecule has 0 amide bonds. The van der Waals surface area contributed by atoms with Crippen molar-refractivity contribution in [2.24, 2.45) is 0 Å². The zero-order chi connectivity index (χ0) is 14.8. The average Bonchev–Trinajstić information content (AvgIpc) is 2.81. The Kier molecular flexibility index (Phi) is 4.77. The third-order valence-corrected chi connectivity index (χ3v) is 6.08. The molecule has 1 aromatic rings. The highest BCUT2D eigenvalue weighted by molar-refractivity contribution is 8.00. The fourth-order valence-corrected chi connectivity index (χ4v) is 4.69. The van der Waals surface area contributed by atoms with Gasteiger partial charge in [0.25, 0.3) is 0 Å². The van der Waals surface area contributed by atoms with E-state index in [0.29, 0.717) is 6.54 Å². The molecule has 1 fully saturated rings. The summed E-state index contributed by atoms with van der Waals surface area (Å²) in [4.78, 5) is 10.7. The molecule has 0 aliphatic carbocycles. The lowest BCUT2D eigenvalue weighted by molar-refractivity contribution is 0.0661. The van der Waals surface area contributed by atoms with Crippen LogP contribution in [-0.2, 0) is 10.0 Å². The third kappa shape index (κ3) is 3.56. The Labute approximate surface area is 122 Å². The van der Waals surface area contributed by atoms with Crippen LogP contribution in [0.2, 0.25) is 0 Å². The summed E-state index contributed by atoms with van der Waals surface area (Å²) >= 11 is 1.77. The first-order valence-electron chi connectivity index (χ1n) is 6.35. The number of furan rings is 1. The highest BCUT2D eigenvalue weighted by atomic mass is 32.2. The van der Waals surface area contributed by atoms with Crippen molar-refractivity contribution in [3.8, 4) is 0 Å². The van der Waals surface area contributed by atoms with Crippen LogP contribution in [0.15, 0.2) is 15.4 Å². The summed E-state index contributed by atoms with van der Waals surface area (Å²) < 4.78 is 31.8. The number of nitrogens with one attached hydrogen (secondary N) is 1. The SMILES string of the molecule is Cc1oc(C(=O)O)cc1S(=O)(=O)NCC1CCCCS1. The molecule has 1 atom stereocenters. The van der Waals surface area contributed by atoms with Gasteiger partial charge in [0.1, 0.15) is 10.7 Å². The Hall–Kier alpha value is -0.990. The Morgan fingerprint density at radius 1 is 1.55 bits per heavy atom. The van der Waals surface area contributed by atoms with Gasteiger partial charge in [-0.2, -0.15) is 11.8 Å². The molecule has 2 heterocycles. The fourth-order valence-electron chi connectivity index (χ4n) is 2.09. The normalized spacial score (nSPS) is 19.9. The second-order valence-corrected chi connectivity index (χ2v) is 7.82. The van der Waals surface area contributed by atoms with Crippen LogP contribution in [0.1, 0.15) is 35.6 Å². The van der Waals surface area contributed by atoms with Gasteiger partial charge in [-0.25, -0.2) is 17.9 Å². The van der Waals surface area contributed by atoms with Crippen LogP contribution < -0.4 is 4.72 Å². The molecule has 1 saturated heterocycles. The zero-order valence-corrected chi connectivity index (χ0v) is 12.7. The van der Waals surface area contributed by atoms with Crippen LogP contribution in [-0.4, -0.2) is 37.0 Å². The van der Waals surface area contributed by atoms with Gasteiger partial charge in [0.05, 0.1) is 0 Å². The first-order chi connectivity index (χ1) is 9.40. The fraction of sp³-hybridized carbons (Fsp3) is 0.583. The van der Waals surface area contributed by atoms with E-state index in [-0.39, 0.29) is 21.7 Å². The summed E-state index contributed by atoms with van der Waals surface area (Å²) in [5.74, 6) is -0.501. The van der Waals surface area contributed by atoms with E-state index >= 15 is 0 Å². The van der Waals surface area contributed by atoms with E-state index in [1.54, 1.807) is 11.8 Å². The minimum atomic E-state index is -3.72. The average molecular weight is 319 g/mol. The molecule has 2 rings (SSSR count). The second-order valence-electron chi connectivity index (χ2n) is 4.68. The number of thioether (sulfide) groups is 1. The van der Waals surface area contributed by atoms with Crippen molar-refractivity contribution in [1.82, 2.24) is 4.72 Å². The van der Waals surface area contributed by atoms with Gasteiger partial charge in [-0.1, -0.05) is 6.42 Å². The molecular weight excluding hydrogens is 302 g/mol. The number of aromatic carboxylic acids is 1. The third-order valence-electron chi connectivity index (χ3n) is 3.15. The molecule has 2 N–H and O–H groups in total. The summed E-state index contributed by atoms with van der Waals surface area (Å²) in [5, 5.41) is 9.09. The number of rotatable bonds is 5. The first kappa shape index (κ1) is 15.4. The van der Waals surface area contributed by atoms with Crippen molar-refractivity contribution in [3.05, 3.63) is 17.6 Å². The van der Waals surface area contributed by atoms with E-state index in [2.05, 4.69) is 4.72 Å². The minimum Gasteiger partial charge on any atom is -0.475 e. The molecule has 0 saturated carbocycles. The molecule has 1 unspecified atom stereocenters. The van der Waals surface area contributed by atoms with Gasteiger partial charge < -0.3 is 9.52 Å². The highest BCUT2D eigenvalue weighted by Crippen LogP contribution is 2.25. The predicted octanol–water partition coefficient (Wildman–Crippen LogP) is 1.85. The Morgan fingerprint density at radius 2 is 2.30 bits per heavy atom. The van der Waals surface area contributed by atoms with E-state index < -0.39 is 16.0 Å². The lowest BCUT2D eigenvalue weighted by Gasteiger charge is -2.21. The topological polar surface area (TPSA) is 96.6 Å². The molecule has 0 spiro atoms. The largest absolute Gasteiger partial charge is 0.475 e. The molecule has 6 nitrogen and oxygen atoms in total. The predicted molar refractivity (Wildman–Crippen MR) is 75.7 cm³/mol. The van der Waals surface area contributed by atoms with E-state index in [1.807, 2.05) is 0 Å². The van der Waals surface area contributed by atoms with Gasteiger partial charge in [-0.15, -0.1) is 0 Å². The number of carbonyl (C=O) groups is 1. The second kappa shape index (κ2) is 6.19. The monoisotopic (exact) mass is 319 g/mol. The lowest BCUT2D eigenvalue weighted by Crippen LogP contribution is -2.32. The van der Waals surface area contributed by atoms with Crippen molar-refractivity contribution in [3.63, 3.8) is 0 Å². The van der Waals surface area contributed by atoms with Crippen molar-refractivity contribution in [2.75, 3.05) is 12.3 Å². The van der Waals surface area contributed by atoms with E-state index in [0.717, 1.165) is 24.7 Å². The molecule has 1 aliphatic heterocycles. The molecule has 20 heavy (non-hydrogen) atoms. The van der Waals surface area contributed by atoms with Crippen molar-refractivity contribution < 1.29 is 22.7 Å². The van der Waals surface area contributed by atoms with Crippen LogP contribution in [0, 0.1) is 6.92 Å². The molecule has 1 aliphatic rings. The van der Waals surface area contributed by atoms with Crippen molar-refractivity contribution >= 4 is 27.8 Å². The van der Waals surface area contributed by atoms with Gasteiger partial charge in [-0.3, -0.25) is 0 Å². The highest BCUT2D eigenvalue weighted by Gasteiger charge is 2.25. The summed E-state index contributed by atoms with van der Waals surface area (Å²) in [7, 11) is -3.72. The molecule has 0 aromatic carbocycles. The Morgan fingerprint density at radius 3 is 2.85 bits per heavy atom. The first-order valence-corrected chi connectivity index (χ1v) is 8.88. The van der Waals surface area contributed by atoms with E-state index in [1.165, 1.54) is 13.3 Å². The van der Waals surface area contributed by atoms with Gasteiger partial charge in [0.15, 0.2) is 0 Å². The number of carboxylic acid groups (broad SMARTS) is 1. The van der Waals surface area contributed by atoms with Gasteiger partial charge in [0.2, 0.25) is 15.8 Å². The molecule has 0 bridgehead atoms.